The number of thiophene rings is 1. The van der Waals surface area contributed by atoms with E-state index in [0.717, 1.165) is 11.3 Å². The minimum Gasteiger partial charge on any atom is -0.321 e. The van der Waals surface area contributed by atoms with E-state index in [1.807, 2.05) is 13.0 Å². The van der Waals surface area contributed by atoms with Crippen molar-refractivity contribution in [2.24, 2.45) is 0 Å². The normalized spacial score (nSPS) is 11.5. The van der Waals surface area contributed by atoms with Crippen LogP contribution < -0.4 is 21.3 Å². The number of nitrogens with zero attached hydrogens (tertiary/aromatic N) is 2. The molecule has 1 atom stereocenters. The van der Waals surface area contributed by atoms with Gasteiger partial charge in [-0.1, -0.05) is 61.5 Å². The van der Waals surface area contributed by atoms with Crippen molar-refractivity contribution in [3.63, 3.8) is 0 Å². The number of anilines is 3. The molecule has 0 spiro atoms. The lowest BCUT2D eigenvalue weighted by Gasteiger charge is -2.15. The number of para-hydroxylation sites is 2. The highest BCUT2D eigenvalue weighted by atomic mass is 32.2. The maximum Gasteiger partial charge on any atom is 0.276 e. The van der Waals surface area contributed by atoms with Crippen molar-refractivity contribution in [2.75, 3.05) is 16.0 Å². The van der Waals surface area contributed by atoms with Crippen LogP contribution in [0.25, 0.3) is 6.08 Å². The van der Waals surface area contributed by atoms with Crippen molar-refractivity contribution in [3.05, 3.63) is 152 Å². The highest BCUT2D eigenvalue weighted by Gasteiger charge is 2.25. The molecule has 4 aromatic carbocycles. The van der Waals surface area contributed by atoms with E-state index in [9.17, 15) is 34.6 Å². The number of nitro benzene ring substituents is 1. The molecule has 53 heavy (non-hydrogen) atoms. The summed E-state index contributed by atoms with van der Waals surface area (Å²) in [5, 5.41) is 32.2. The van der Waals surface area contributed by atoms with Crippen molar-refractivity contribution < 1.29 is 24.1 Å². The fourth-order valence-corrected chi connectivity index (χ4v) is 7.13. The number of rotatable bonds is 13. The second kappa shape index (κ2) is 17.6. The molecule has 12 nitrogen and oxygen atoms in total. The Kier molecular flexibility index (Phi) is 12.5. The molecule has 0 bridgehead atoms. The monoisotopic (exact) mass is 744 g/mol. The quantitative estimate of drug-likeness (QED) is 0.0404. The minimum absolute atomic E-state index is 0.113. The summed E-state index contributed by atoms with van der Waals surface area (Å²) in [4.78, 5) is 65.2. The molecular formula is C39H32N6O6S2. The summed E-state index contributed by atoms with van der Waals surface area (Å²) in [6.45, 7) is 3.49. The van der Waals surface area contributed by atoms with Crippen LogP contribution in [0.4, 0.5) is 22.1 Å². The SMILES string of the molecule is CCC(Sc1cccc(NC(=O)/C(=C\c2ccccc2[N+](=O)[O-])NC(=O)c2ccccc2)c1)C(=O)Nc1sc(C(=O)Nc2ccccc2)c(C)c1C#N. The lowest BCUT2D eigenvalue weighted by molar-refractivity contribution is -0.385. The van der Waals surface area contributed by atoms with Gasteiger partial charge in [-0.2, -0.15) is 5.26 Å². The van der Waals surface area contributed by atoms with Crippen LogP contribution in [0.5, 0.6) is 0 Å². The molecule has 1 unspecified atom stereocenters. The average molecular weight is 745 g/mol. The number of carbonyl (C=O) groups is 4. The first kappa shape index (κ1) is 37.7. The number of nitro groups is 1. The van der Waals surface area contributed by atoms with Gasteiger partial charge in [0.1, 0.15) is 16.8 Å². The maximum absolute atomic E-state index is 13.6. The number of hydrogen-bond acceptors (Lipinski definition) is 9. The fourth-order valence-electron chi connectivity index (χ4n) is 5.06. The maximum atomic E-state index is 13.6. The molecule has 1 heterocycles. The zero-order chi connectivity index (χ0) is 37.9. The van der Waals surface area contributed by atoms with E-state index in [2.05, 4.69) is 27.3 Å². The van der Waals surface area contributed by atoms with Crippen LogP contribution in [0.15, 0.2) is 120 Å². The number of nitrogens with one attached hydrogen (secondary N) is 4. The van der Waals surface area contributed by atoms with Gasteiger partial charge in [-0.05, 0) is 73.5 Å². The molecule has 0 saturated carbocycles. The molecule has 0 aliphatic carbocycles. The first-order chi connectivity index (χ1) is 25.6. The Morgan fingerprint density at radius 1 is 0.868 bits per heavy atom. The van der Waals surface area contributed by atoms with Crippen molar-refractivity contribution in [3.8, 4) is 6.07 Å². The minimum atomic E-state index is -0.733. The molecule has 0 aliphatic heterocycles. The summed E-state index contributed by atoms with van der Waals surface area (Å²) < 4.78 is 0. The molecular weight excluding hydrogens is 713 g/mol. The third-order valence-corrected chi connectivity index (χ3v) is 10.3. The Hall–Kier alpha value is -6.56. The van der Waals surface area contributed by atoms with Crippen LogP contribution in [0.1, 0.15) is 50.1 Å². The lowest BCUT2D eigenvalue weighted by atomic mass is 10.1. The fraction of sp³-hybridized carbons (Fsp3) is 0.103. The van der Waals surface area contributed by atoms with Crippen LogP contribution in [-0.4, -0.2) is 33.8 Å². The lowest BCUT2D eigenvalue weighted by Crippen LogP contribution is -2.30. The van der Waals surface area contributed by atoms with Gasteiger partial charge in [0.25, 0.3) is 23.4 Å². The number of carbonyl (C=O) groups excluding carboxylic acids is 4. The number of benzene rings is 4. The Balaban J connectivity index is 1.32. The van der Waals surface area contributed by atoms with Crippen molar-refractivity contribution in [2.45, 2.75) is 30.4 Å². The van der Waals surface area contributed by atoms with Crippen LogP contribution in [-0.2, 0) is 9.59 Å². The van der Waals surface area contributed by atoms with Gasteiger partial charge in [-0.25, -0.2) is 0 Å². The summed E-state index contributed by atoms with van der Waals surface area (Å²) >= 11 is 2.26. The van der Waals surface area contributed by atoms with Crippen LogP contribution in [0.2, 0.25) is 0 Å². The standard InChI is InChI=1S/C39H32N6O6S2/c1-3-33(37(48)44-39-30(23-40)24(2)34(53-39)38(49)41-27-16-8-5-9-17-27)52-29-19-12-18-28(22-29)42-36(47)31(43-35(46)25-13-6-4-7-14-25)21-26-15-10-11-20-32(26)45(50)51/h4-22,33H,3H2,1-2H3,(H,41,49)(H,42,47)(H,43,46)(H,44,48)/b31-21+. The first-order valence-electron chi connectivity index (χ1n) is 16.2. The average Bonchev–Trinajstić information content (AvgIpc) is 3.48. The van der Waals surface area contributed by atoms with Gasteiger partial charge in [0.2, 0.25) is 5.91 Å². The highest BCUT2D eigenvalue weighted by molar-refractivity contribution is 8.00. The molecule has 0 fully saturated rings. The van der Waals surface area contributed by atoms with Gasteiger partial charge in [0.15, 0.2) is 0 Å². The molecule has 5 rings (SSSR count). The third kappa shape index (κ3) is 9.61. The number of hydrogen-bond donors (Lipinski definition) is 4. The summed E-state index contributed by atoms with van der Waals surface area (Å²) in [5.74, 6) is -2.09. The summed E-state index contributed by atoms with van der Waals surface area (Å²) in [6, 6.07) is 31.8. The van der Waals surface area contributed by atoms with Crippen LogP contribution in [0, 0.1) is 28.4 Å². The Labute approximate surface area is 313 Å². The van der Waals surface area contributed by atoms with E-state index >= 15 is 0 Å². The van der Waals surface area contributed by atoms with Gasteiger partial charge in [-0.3, -0.25) is 29.3 Å². The molecule has 0 radical (unpaired) electrons. The Morgan fingerprint density at radius 2 is 1.53 bits per heavy atom. The van der Waals surface area contributed by atoms with E-state index in [-0.39, 0.29) is 39.0 Å². The molecule has 5 aromatic rings. The zero-order valence-electron chi connectivity index (χ0n) is 28.4. The van der Waals surface area contributed by atoms with E-state index in [0.29, 0.717) is 33.1 Å². The number of amides is 4. The summed E-state index contributed by atoms with van der Waals surface area (Å²) in [6.07, 6.45) is 1.65. The van der Waals surface area contributed by atoms with E-state index < -0.39 is 27.9 Å². The van der Waals surface area contributed by atoms with Gasteiger partial charge in [0.05, 0.1) is 26.2 Å². The second-order valence-electron chi connectivity index (χ2n) is 11.4. The van der Waals surface area contributed by atoms with Gasteiger partial charge in [-0.15, -0.1) is 23.1 Å². The topological polar surface area (TPSA) is 183 Å². The molecule has 0 saturated heterocycles. The zero-order valence-corrected chi connectivity index (χ0v) is 30.0. The second-order valence-corrected chi connectivity index (χ2v) is 13.7. The van der Waals surface area contributed by atoms with E-state index in [1.54, 1.807) is 91.9 Å². The summed E-state index contributed by atoms with van der Waals surface area (Å²) in [7, 11) is 0. The van der Waals surface area contributed by atoms with E-state index in [4.69, 9.17) is 0 Å². The Bertz CT molecular complexity index is 2250. The smallest absolute Gasteiger partial charge is 0.276 e. The number of nitriles is 1. The highest BCUT2D eigenvalue weighted by Crippen LogP contribution is 2.35. The molecule has 266 valence electrons. The first-order valence-corrected chi connectivity index (χ1v) is 17.9. The van der Waals surface area contributed by atoms with Gasteiger partial charge < -0.3 is 21.3 Å². The van der Waals surface area contributed by atoms with Crippen molar-refractivity contribution in [1.82, 2.24) is 5.32 Å². The largest absolute Gasteiger partial charge is 0.321 e. The van der Waals surface area contributed by atoms with Crippen LogP contribution >= 0.6 is 23.1 Å². The van der Waals surface area contributed by atoms with Crippen molar-refractivity contribution >= 4 is 74.9 Å². The van der Waals surface area contributed by atoms with Gasteiger partial charge in [0, 0.05) is 27.9 Å². The summed E-state index contributed by atoms with van der Waals surface area (Å²) in [5.41, 5.74) is 1.51. The predicted molar refractivity (Wildman–Crippen MR) is 207 cm³/mol. The molecule has 4 amide bonds. The molecule has 14 heteroatoms. The third-order valence-electron chi connectivity index (χ3n) is 7.73. The molecule has 1 aromatic heterocycles. The van der Waals surface area contributed by atoms with Gasteiger partial charge >= 0.3 is 0 Å². The molecule has 4 N–H and O–H groups in total. The van der Waals surface area contributed by atoms with Crippen molar-refractivity contribution in [1.29, 1.82) is 5.26 Å². The predicted octanol–water partition coefficient (Wildman–Crippen LogP) is 8.01. The number of thioether (sulfide) groups is 1. The van der Waals surface area contributed by atoms with E-state index in [1.165, 1.54) is 36.0 Å². The van der Waals surface area contributed by atoms with Crippen LogP contribution in [0.3, 0.4) is 0 Å². The molecule has 0 aliphatic rings. The Morgan fingerprint density at radius 3 is 2.21 bits per heavy atom.